The van der Waals surface area contributed by atoms with Crippen molar-refractivity contribution < 1.29 is 9.13 Å². The van der Waals surface area contributed by atoms with Gasteiger partial charge >= 0.3 is 0 Å². The number of benzene rings is 3. The Morgan fingerprint density at radius 1 is 0.778 bits per heavy atom. The van der Waals surface area contributed by atoms with Gasteiger partial charge in [-0.2, -0.15) is 0 Å². The van der Waals surface area contributed by atoms with Gasteiger partial charge in [0.2, 0.25) is 0 Å². The maximum atomic E-state index is 13.3. The normalized spacial score (nSPS) is 14.1. The first-order chi connectivity index (χ1) is 13.3. The molecule has 1 fully saturated rings. The van der Waals surface area contributed by atoms with Crippen LogP contribution in [-0.4, -0.2) is 6.10 Å². The topological polar surface area (TPSA) is 24.5 Å². The molecule has 1 aliphatic rings. The number of nitrogens with zero attached hydrogens (tertiary/aromatic N) is 1. The molecule has 0 spiro atoms. The maximum Gasteiger partial charge on any atom is 0.123 e. The number of para-hydroxylation sites is 1. The highest BCUT2D eigenvalue weighted by Crippen LogP contribution is 2.28. The zero-order chi connectivity index (χ0) is 18.5. The molecule has 0 atom stereocenters. The highest BCUT2D eigenvalue weighted by molar-refractivity contribution is 5.68. The summed E-state index contributed by atoms with van der Waals surface area (Å²) in [6.07, 6.45) is 5.16. The summed E-state index contributed by atoms with van der Waals surface area (Å²) < 4.78 is 19.4. The second kappa shape index (κ2) is 8.12. The Balaban J connectivity index is 1.53. The molecule has 3 aromatic carbocycles. The predicted octanol–water partition coefficient (Wildman–Crippen LogP) is 6.31. The second-order valence-corrected chi connectivity index (χ2v) is 6.81. The van der Waals surface area contributed by atoms with E-state index in [0.717, 1.165) is 35.7 Å². The molecular formula is C23H23FN2O. The van der Waals surface area contributed by atoms with Crippen molar-refractivity contribution in [3.05, 3.63) is 84.7 Å². The molecule has 3 aromatic rings. The lowest BCUT2D eigenvalue weighted by molar-refractivity contribution is 0.210. The molecule has 138 valence electrons. The van der Waals surface area contributed by atoms with E-state index in [9.17, 15) is 4.39 Å². The number of rotatable bonds is 6. The molecule has 0 bridgehead atoms. The number of ether oxygens (including phenoxy) is 1. The molecule has 1 N–H and O–H groups in total. The summed E-state index contributed by atoms with van der Waals surface area (Å²) in [6, 6.07) is 24.4. The lowest BCUT2D eigenvalue weighted by atomic mass is 10.2. The second-order valence-electron chi connectivity index (χ2n) is 6.81. The van der Waals surface area contributed by atoms with Gasteiger partial charge < -0.3 is 4.74 Å². The molecule has 4 rings (SSSR count). The van der Waals surface area contributed by atoms with Crippen LogP contribution in [0.4, 0.5) is 21.5 Å². The molecule has 0 aliphatic heterocycles. The predicted molar refractivity (Wildman–Crippen MR) is 108 cm³/mol. The van der Waals surface area contributed by atoms with E-state index in [1.54, 1.807) is 12.1 Å². The van der Waals surface area contributed by atoms with Gasteiger partial charge in [0.05, 0.1) is 23.2 Å². The molecule has 3 nitrogen and oxygen atoms in total. The third-order valence-electron chi connectivity index (χ3n) is 4.80. The van der Waals surface area contributed by atoms with Crippen LogP contribution in [0.2, 0.25) is 0 Å². The van der Waals surface area contributed by atoms with E-state index in [2.05, 4.69) is 5.43 Å². The minimum absolute atomic E-state index is 0.250. The summed E-state index contributed by atoms with van der Waals surface area (Å²) in [5.41, 5.74) is 6.16. The van der Waals surface area contributed by atoms with Crippen LogP contribution in [0.5, 0.6) is 5.75 Å². The largest absolute Gasteiger partial charge is 0.490 e. The van der Waals surface area contributed by atoms with Gasteiger partial charge in [-0.05, 0) is 86.3 Å². The van der Waals surface area contributed by atoms with Crippen molar-refractivity contribution >= 4 is 17.1 Å². The number of anilines is 3. The number of hydrazine groups is 1. The lowest BCUT2D eigenvalue weighted by Crippen LogP contribution is -2.24. The number of halogens is 1. The Bertz CT molecular complexity index is 844. The summed E-state index contributed by atoms with van der Waals surface area (Å²) in [6.45, 7) is 0. The highest BCUT2D eigenvalue weighted by atomic mass is 19.1. The van der Waals surface area contributed by atoms with Gasteiger partial charge in [-0.25, -0.2) is 4.39 Å². The van der Waals surface area contributed by atoms with E-state index in [4.69, 9.17) is 4.74 Å². The average molecular weight is 362 g/mol. The Kier molecular flexibility index (Phi) is 5.24. The van der Waals surface area contributed by atoms with E-state index in [0.29, 0.717) is 6.10 Å². The number of hydrogen-bond acceptors (Lipinski definition) is 3. The first-order valence-corrected chi connectivity index (χ1v) is 9.42. The molecule has 0 saturated heterocycles. The fourth-order valence-corrected chi connectivity index (χ4v) is 3.38. The monoisotopic (exact) mass is 362 g/mol. The Morgan fingerprint density at radius 3 is 2.07 bits per heavy atom. The molecule has 0 radical (unpaired) electrons. The van der Waals surface area contributed by atoms with Crippen LogP contribution >= 0.6 is 0 Å². The van der Waals surface area contributed by atoms with Crippen LogP contribution in [0.3, 0.4) is 0 Å². The number of nitrogens with one attached hydrogen (secondary N) is 1. The van der Waals surface area contributed by atoms with Crippen LogP contribution < -0.4 is 15.2 Å². The van der Waals surface area contributed by atoms with Crippen molar-refractivity contribution in [3.8, 4) is 5.75 Å². The molecule has 27 heavy (non-hydrogen) atoms. The molecule has 0 unspecified atom stereocenters. The van der Waals surface area contributed by atoms with Gasteiger partial charge in [0.1, 0.15) is 11.6 Å². The molecule has 1 aliphatic carbocycles. The smallest absolute Gasteiger partial charge is 0.123 e. The molecule has 1 saturated carbocycles. The standard InChI is InChI=1S/C23H23FN2O/c24-18-10-14-21(15-11-18)26(20-6-2-1-3-7-20)25-19-12-16-23(17-13-19)27-22-8-4-5-9-22/h1-3,6-7,10-17,22,25H,4-5,8-9H2. The summed E-state index contributed by atoms with van der Waals surface area (Å²) in [5.74, 6) is 0.653. The van der Waals surface area contributed by atoms with Crippen molar-refractivity contribution in [3.63, 3.8) is 0 Å². The number of hydrogen-bond donors (Lipinski definition) is 1. The van der Waals surface area contributed by atoms with Crippen molar-refractivity contribution in [2.45, 2.75) is 31.8 Å². The maximum absolute atomic E-state index is 13.3. The van der Waals surface area contributed by atoms with Crippen molar-refractivity contribution in [2.24, 2.45) is 0 Å². The van der Waals surface area contributed by atoms with Gasteiger partial charge in [-0.15, -0.1) is 0 Å². The lowest BCUT2D eigenvalue weighted by Gasteiger charge is -2.27. The molecule has 0 aromatic heterocycles. The molecule has 0 heterocycles. The van der Waals surface area contributed by atoms with Gasteiger partial charge in [0, 0.05) is 0 Å². The average Bonchev–Trinajstić information content (AvgIpc) is 3.22. The van der Waals surface area contributed by atoms with Gasteiger partial charge in [0.25, 0.3) is 0 Å². The van der Waals surface area contributed by atoms with E-state index in [1.165, 1.54) is 25.0 Å². The van der Waals surface area contributed by atoms with Crippen LogP contribution in [0, 0.1) is 5.82 Å². The van der Waals surface area contributed by atoms with Crippen molar-refractivity contribution in [1.29, 1.82) is 0 Å². The molecule has 4 heteroatoms. The zero-order valence-corrected chi connectivity index (χ0v) is 15.1. The third-order valence-corrected chi connectivity index (χ3v) is 4.80. The van der Waals surface area contributed by atoms with Crippen molar-refractivity contribution in [2.75, 3.05) is 10.4 Å². The van der Waals surface area contributed by atoms with E-state index in [-0.39, 0.29) is 5.82 Å². The fourth-order valence-electron chi connectivity index (χ4n) is 3.38. The fraction of sp³-hybridized carbons (Fsp3) is 0.217. The van der Waals surface area contributed by atoms with Crippen LogP contribution in [0.1, 0.15) is 25.7 Å². The Hall–Kier alpha value is -3.01. The van der Waals surface area contributed by atoms with Crippen LogP contribution in [-0.2, 0) is 0 Å². The Labute approximate surface area is 159 Å². The first-order valence-electron chi connectivity index (χ1n) is 9.42. The van der Waals surface area contributed by atoms with E-state index >= 15 is 0 Å². The summed E-state index contributed by atoms with van der Waals surface area (Å²) >= 11 is 0. The quantitative estimate of drug-likeness (QED) is 0.520. The van der Waals surface area contributed by atoms with Gasteiger partial charge in [-0.1, -0.05) is 18.2 Å². The highest BCUT2D eigenvalue weighted by Gasteiger charge is 2.16. The Morgan fingerprint density at radius 2 is 1.41 bits per heavy atom. The summed E-state index contributed by atoms with van der Waals surface area (Å²) in [5, 5.41) is 1.94. The van der Waals surface area contributed by atoms with Crippen molar-refractivity contribution in [1.82, 2.24) is 0 Å². The summed E-state index contributed by atoms with van der Waals surface area (Å²) in [4.78, 5) is 0. The van der Waals surface area contributed by atoms with Gasteiger partial charge in [-0.3, -0.25) is 10.4 Å². The van der Waals surface area contributed by atoms with Crippen LogP contribution in [0.15, 0.2) is 78.9 Å². The minimum Gasteiger partial charge on any atom is -0.490 e. The van der Waals surface area contributed by atoms with E-state index < -0.39 is 0 Å². The zero-order valence-electron chi connectivity index (χ0n) is 15.1. The van der Waals surface area contributed by atoms with E-state index in [1.807, 2.05) is 59.6 Å². The molecule has 0 amide bonds. The molecular weight excluding hydrogens is 339 g/mol. The SMILES string of the molecule is Fc1ccc(N(Nc2ccc(OC3CCCC3)cc2)c2ccccc2)cc1. The minimum atomic E-state index is -0.250. The van der Waals surface area contributed by atoms with Gasteiger partial charge in [0.15, 0.2) is 0 Å². The first kappa shape index (κ1) is 17.4. The third kappa shape index (κ3) is 4.40. The summed E-state index contributed by atoms with van der Waals surface area (Å²) in [7, 11) is 0. The van der Waals surface area contributed by atoms with Crippen LogP contribution in [0.25, 0.3) is 0 Å².